The van der Waals surface area contributed by atoms with Crippen molar-refractivity contribution >= 4 is 29.0 Å². The number of benzene rings is 1. The second-order valence-electron chi connectivity index (χ2n) is 4.51. The van der Waals surface area contributed by atoms with E-state index in [2.05, 4.69) is 10.4 Å². The van der Waals surface area contributed by atoms with Crippen LogP contribution in [0.25, 0.3) is 0 Å². The molecule has 1 aliphatic rings. The molecule has 0 radical (unpaired) electrons. The molecule has 1 N–H and O–H groups in total. The minimum atomic E-state index is 0.106. The summed E-state index contributed by atoms with van der Waals surface area (Å²) in [6.45, 7) is 0.624. The van der Waals surface area contributed by atoms with Gasteiger partial charge in [-0.2, -0.15) is 5.10 Å². The van der Waals surface area contributed by atoms with Crippen LogP contribution in [-0.2, 0) is 7.05 Å². The molecule has 2 aromatic rings. The van der Waals surface area contributed by atoms with Gasteiger partial charge in [-0.25, -0.2) is 0 Å². The summed E-state index contributed by atoms with van der Waals surface area (Å²) in [5, 5.41) is 8.87. The number of hydrogen-bond donors (Lipinski definition) is 1. The Hall–Kier alpha value is -1.39. The summed E-state index contributed by atoms with van der Waals surface area (Å²) < 4.78 is 7.38. The van der Waals surface area contributed by atoms with Crippen molar-refractivity contribution in [3.8, 4) is 5.75 Å². The molecule has 0 aliphatic carbocycles. The maximum absolute atomic E-state index is 6.16. The first-order valence-corrected chi connectivity index (χ1v) is 6.77. The van der Waals surface area contributed by atoms with Gasteiger partial charge >= 0.3 is 0 Å². The lowest BCUT2D eigenvalue weighted by molar-refractivity contribution is 0.274. The van der Waals surface area contributed by atoms with Crippen molar-refractivity contribution in [2.45, 2.75) is 12.5 Å². The first kappa shape index (κ1) is 12.6. The third-order valence-electron chi connectivity index (χ3n) is 3.10. The third kappa shape index (κ3) is 2.51. The molecule has 2 heterocycles. The number of halogens is 2. The highest BCUT2D eigenvalue weighted by Crippen LogP contribution is 2.40. The predicted octanol–water partition coefficient (Wildman–Crippen LogP) is 3.66. The van der Waals surface area contributed by atoms with Crippen LogP contribution < -0.4 is 10.1 Å². The molecule has 1 aromatic carbocycles. The first-order valence-electron chi connectivity index (χ1n) is 6.01. The minimum absolute atomic E-state index is 0.106. The van der Waals surface area contributed by atoms with Crippen molar-refractivity contribution in [3.05, 3.63) is 40.0 Å². The molecule has 0 spiro atoms. The number of nitrogens with zero attached hydrogens (tertiary/aromatic N) is 2. The van der Waals surface area contributed by atoms with Crippen molar-refractivity contribution in [2.24, 2.45) is 7.05 Å². The zero-order valence-electron chi connectivity index (χ0n) is 10.4. The average Bonchev–Trinajstić information content (AvgIpc) is 2.76. The highest BCUT2D eigenvalue weighted by atomic mass is 35.5. The summed E-state index contributed by atoms with van der Waals surface area (Å²) in [4.78, 5) is 0. The maximum atomic E-state index is 6.16. The molecule has 0 amide bonds. The standard InChI is InChI=1S/C13H13Cl2N3O/c1-18-4-2-12(17-18)16-11-3-5-19-13-9(11)6-8(14)7-10(13)15/h2,4,6-7,11H,3,5H2,1H3,(H,16,17). The Labute approximate surface area is 121 Å². The fraction of sp³-hybridized carbons (Fsp3) is 0.308. The van der Waals surface area contributed by atoms with Crippen molar-refractivity contribution in [1.82, 2.24) is 9.78 Å². The van der Waals surface area contributed by atoms with Gasteiger partial charge in [0, 0.05) is 36.3 Å². The Bertz CT molecular complexity index is 612. The zero-order valence-corrected chi connectivity index (χ0v) is 11.9. The topological polar surface area (TPSA) is 39.1 Å². The molecule has 1 aliphatic heterocycles. The second kappa shape index (κ2) is 4.94. The fourth-order valence-corrected chi connectivity index (χ4v) is 2.81. The average molecular weight is 298 g/mol. The summed E-state index contributed by atoms with van der Waals surface area (Å²) in [5.41, 5.74) is 0.981. The van der Waals surface area contributed by atoms with Crippen LogP contribution in [0.2, 0.25) is 10.0 Å². The Balaban J connectivity index is 1.93. The lowest BCUT2D eigenvalue weighted by Crippen LogP contribution is -2.21. The van der Waals surface area contributed by atoms with Gasteiger partial charge in [0.25, 0.3) is 0 Å². The van der Waals surface area contributed by atoms with Crippen LogP contribution in [0.5, 0.6) is 5.75 Å². The van der Waals surface area contributed by atoms with Crippen molar-refractivity contribution in [1.29, 1.82) is 0 Å². The first-order chi connectivity index (χ1) is 9.13. The largest absolute Gasteiger partial charge is 0.492 e. The highest BCUT2D eigenvalue weighted by molar-refractivity contribution is 6.35. The van der Waals surface area contributed by atoms with Crippen LogP contribution in [0.1, 0.15) is 18.0 Å². The fourth-order valence-electron chi connectivity index (χ4n) is 2.25. The zero-order chi connectivity index (χ0) is 13.4. The van der Waals surface area contributed by atoms with E-state index in [1.54, 1.807) is 10.7 Å². The van der Waals surface area contributed by atoms with E-state index in [0.29, 0.717) is 22.4 Å². The lowest BCUT2D eigenvalue weighted by Gasteiger charge is -2.27. The van der Waals surface area contributed by atoms with Gasteiger partial charge in [-0.1, -0.05) is 23.2 Å². The van der Waals surface area contributed by atoms with Crippen LogP contribution in [0.4, 0.5) is 5.82 Å². The number of fused-ring (bicyclic) bond motifs is 1. The van der Waals surface area contributed by atoms with Crippen LogP contribution in [0, 0.1) is 0 Å². The molecule has 4 nitrogen and oxygen atoms in total. The van der Waals surface area contributed by atoms with E-state index in [1.165, 1.54) is 0 Å². The lowest BCUT2D eigenvalue weighted by atomic mass is 10.0. The smallest absolute Gasteiger partial charge is 0.148 e. The monoisotopic (exact) mass is 297 g/mol. The van der Waals surface area contributed by atoms with Gasteiger partial charge in [0.05, 0.1) is 17.7 Å². The molecule has 0 fully saturated rings. The molecule has 1 atom stereocenters. The summed E-state index contributed by atoms with van der Waals surface area (Å²) >= 11 is 12.2. The highest BCUT2D eigenvalue weighted by Gasteiger charge is 2.24. The van der Waals surface area contributed by atoms with E-state index >= 15 is 0 Å². The van der Waals surface area contributed by atoms with Crippen LogP contribution in [0.15, 0.2) is 24.4 Å². The predicted molar refractivity (Wildman–Crippen MR) is 76.1 cm³/mol. The normalized spacial score (nSPS) is 17.7. The van der Waals surface area contributed by atoms with Gasteiger partial charge < -0.3 is 10.1 Å². The van der Waals surface area contributed by atoms with E-state index < -0.39 is 0 Å². The van der Waals surface area contributed by atoms with Crippen LogP contribution in [-0.4, -0.2) is 16.4 Å². The van der Waals surface area contributed by atoms with Gasteiger partial charge in [-0.15, -0.1) is 0 Å². The van der Waals surface area contributed by atoms with E-state index in [1.807, 2.05) is 25.4 Å². The van der Waals surface area contributed by atoms with Gasteiger partial charge in [-0.3, -0.25) is 4.68 Å². The summed E-state index contributed by atoms with van der Waals surface area (Å²) in [7, 11) is 1.89. The van der Waals surface area contributed by atoms with Gasteiger partial charge in [-0.05, 0) is 12.1 Å². The number of anilines is 1. The summed E-state index contributed by atoms with van der Waals surface area (Å²) in [6, 6.07) is 5.63. The second-order valence-corrected chi connectivity index (χ2v) is 5.36. The Kier molecular flexibility index (Phi) is 3.29. The maximum Gasteiger partial charge on any atom is 0.148 e. The van der Waals surface area contributed by atoms with Crippen molar-refractivity contribution in [2.75, 3.05) is 11.9 Å². The molecule has 3 rings (SSSR count). The number of hydrogen-bond acceptors (Lipinski definition) is 3. The van der Waals surface area contributed by atoms with Crippen molar-refractivity contribution in [3.63, 3.8) is 0 Å². The molecule has 1 unspecified atom stereocenters. The molecule has 0 saturated heterocycles. The quantitative estimate of drug-likeness (QED) is 0.919. The van der Waals surface area contributed by atoms with Gasteiger partial charge in [0.15, 0.2) is 0 Å². The van der Waals surface area contributed by atoms with Gasteiger partial charge in [0.2, 0.25) is 0 Å². The molecule has 1 aromatic heterocycles. The molecule has 0 bridgehead atoms. The Morgan fingerprint density at radius 2 is 2.26 bits per heavy atom. The molecule has 100 valence electrons. The number of ether oxygens (including phenoxy) is 1. The van der Waals surface area contributed by atoms with Crippen LogP contribution >= 0.6 is 23.2 Å². The molecule has 19 heavy (non-hydrogen) atoms. The van der Waals surface area contributed by atoms with E-state index in [9.17, 15) is 0 Å². The summed E-state index contributed by atoms with van der Waals surface area (Å²) in [6.07, 6.45) is 2.74. The summed E-state index contributed by atoms with van der Waals surface area (Å²) in [5.74, 6) is 1.54. The third-order valence-corrected chi connectivity index (χ3v) is 3.60. The Morgan fingerprint density at radius 1 is 1.42 bits per heavy atom. The van der Waals surface area contributed by atoms with Gasteiger partial charge in [0.1, 0.15) is 11.6 Å². The minimum Gasteiger partial charge on any atom is -0.492 e. The molecule has 0 saturated carbocycles. The van der Waals surface area contributed by atoms with E-state index in [-0.39, 0.29) is 6.04 Å². The Morgan fingerprint density at radius 3 is 3.00 bits per heavy atom. The number of nitrogens with one attached hydrogen (secondary N) is 1. The number of rotatable bonds is 2. The number of aromatic nitrogens is 2. The molecule has 6 heteroatoms. The SMILES string of the molecule is Cn1ccc(NC2CCOc3c(Cl)cc(Cl)cc32)n1. The number of aryl methyl sites for hydroxylation is 1. The van der Waals surface area contributed by atoms with E-state index in [4.69, 9.17) is 27.9 Å². The molecular formula is C13H13Cl2N3O. The van der Waals surface area contributed by atoms with Crippen LogP contribution in [0.3, 0.4) is 0 Å². The van der Waals surface area contributed by atoms with E-state index in [0.717, 1.165) is 17.8 Å². The van der Waals surface area contributed by atoms with Crippen molar-refractivity contribution < 1.29 is 4.74 Å². The molecular weight excluding hydrogens is 285 g/mol.